The Hall–Kier alpha value is -4.32. The summed E-state index contributed by atoms with van der Waals surface area (Å²) in [5, 5.41) is 11.4. The number of esters is 1. The number of fused-ring (bicyclic) bond motifs is 2. The molecule has 0 aromatic heterocycles. The second kappa shape index (κ2) is 17.6. The van der Waals surface area contributed by atoms with E-state index < -0.39 is 47.7 Å². The lowest BCUT2D eigenvalue weighted by atomic mass is 9.70. The molecule has 10 nitrogen and oxygen atoms in total. The molecule has 3 aromatic rings. The van der Waals surface area contributed by atoms with Crippen molar-refractivity contribution in [1.82, 2.24) is 9.80 Å². The Kier molecular flexibility index (Phi) is 12.9. The number of aliphatic hydroxyl groups is 1. The average Bonchev–Trinajstić information content (AvgIpc) is 3.80. The van der Waals surface area contributed by atoms with Gasteiger partial charge in [0.1, 0.15) is 17.7 Å². The van der Waals surface area contributed by atoms with Crippen molar-refractivity contribution in [2.45, 2.75) is 86.6 Å². The largest absolute Gasteiger partial charge is 0.455 e. The number of benzene rings is 3. The van der Waals surface area contributed by atoms with Crippen LogP contribution in [0.1, 0.15) is 63.5 Å². The Morgan fingerprint density at radius 2 is 1.73 bits per heavy atom. The highest BCUT2D eigenvalue weighted by Gasteiger charge is 2.77. The van der Waals surface area contributed by atoms with Crippen LogP contribution in [0.3, 0.4) is 0 Å². The topological polar surface area (TPSA) is 117 Å². The van der Waals surface area contributed by atoms with Gasteiger partial charge in [-0.05, 0) is 61.1 Å². The molecule has 0 radical (unpaired) electrons. The van der Waals surface area contributed by atoms with Gasteiger partial charge in [0.25, 0.3) is 5.91 Å². The minimum Gasteiger partial charge on any atom is -0.455 e. The van der Waals surface area contributed by atoms with E-state index in [2.05, 4.69) is 29.1 Å². The van der Waals surface area contributed by atoms with E-state index in [1.807, 2.05) is 79.7 Å². The average molecular weight is 815 g/mol. The molecular weight excluding hydrogens is 762 g/mol. The Morgan fingerprint density at radius 1 is 1.02 bits per heavy atom. The van der Waals surface area contributed by atoms with Gasteiger partial charge in [-0.2, -0.15) is 0 Å². The zero-order chi connectivity index (χ0) is 39.3. The van der Waals surface area contributed by atoms with E-state index in [1.54, 1.807) is 33.9 Å². The number of hydrogen-bond donors (Lipinski definition) is 1. The van der Waals surface area contributed by atoms with Crippen molar-refractivity contribution < 1.29 is 33.8 Å². The van der Waals surface area contributed by atoms with E-state index in [1.165, 1.54) is 0 Å². The third kappa shape index (κ3) is 7.89. The van der Waals surface area contributed by atoms with Gasteiger partial charge in [-0.3, -0.25) is 19.2 Å². The standard InChI is InChI=1S/C44H52BrN3O7/c1-5-7-21-35(50)46(4)29(3)38(31-18-11-10-12-19-31)54-43(53)36-37-41(51)48(25-15-8-9-16-26-49)40(44(37)28-34(45)39(36)55-44)42(52)47(24-6-2)33-23-22-30-17-13-14-20-32(30)27-33/h5-6,10-14,17-20,22-23,27,29,34,36-40,49H,1-2,7-9,15-16,21,24-26,28H2,3-4H3/t29-,34?,36+,37-,38+,39+,40+,44-/m1/s1. The molecule has 11 heteroatoms. The molecule has 0 aliphatic carbocycles. The van der Waals surface area contributed by atoms with Gasteiger partial charge in [0.2, 0.25) is 11.8 Å². The quantitative estimate of drug-likeness (QED) is 0.0654. The number of likely N-dealkylation sites (N-methyl/N-ethyl adjacent to an activating group) is 1. The molecule has 3 heterocycles. The zero-order valence-electron chi connectivity index (χ0n) is 31.7. The highest BCUT2D eigenvalue weighted by molar-refractivity contribution is 9.09. The lowest BCUT2D eigenvalue weighted by Gasteiger charge is -2.37. The van der Waals surface area contributed by atoms with Crippen LogP contribution in [0.4, 0.5) is 5.69 Å². The van der Waals surface area contributed by atoms with Crippen LogP contribution in [-0.4, -0.2) is 94.0 Å². The lowest BCUT2D eigenvalue weighted by molar-refractivity contribution is -0.164. The van der Waals surface area contributed by atoms with E-state index in [4.69, 9.17) is 9.47 Å². The number of ether oxygens (including phenoxy) is 2. The van der Waals surface area contributed by atoms with Gasteiger partial charge >= 0.3 is 5.97 Å². The van der Waals surface area contributed by atoms with Crippen LogP contribution in [0.2, 0.25) is 0 Å². The molecule has 1 unspecified atom stereocenters. The molecule has 6 rings (SSSR count). The van der Waals surface area contributed by atoms with Crippen LogP contribution in [0, 0.1) is 11.8 Å². The molecule has 8 atom stereocenters. The van der Waals surface area contributed by atoms with Crippen molar-refractivity contribution in [2.24, 2.45) is 11.8 Å². The Balaban J connectivity index is 1.35. The summed E-state index contributed by atoms with van der Waals surface area (Å²) >= 11 is 3.79. The smallest absolute Gasteiger partial charge is 0.313 e. The summed E-state index contributed by atoms with van der Waals surface area (Å²) in [4.78, 5) is 62.3. The first kappa shape index (κ1) is 40.3. The first-order valence-corrected chi connectivity index (χ1v) is 20.3. The molecule has 3 aliphatic rings. The molecule has 55 heavy (non-hydrogen) atoms. The maximum absolute atomic E-state index is 15.1. The Morgan fingerprint density at radius 3 is 2.44 bits per heavy atom. The summed E-state index contributed by atoms with van der Waals surface area (Å²) in [6.07, 6.45) is 5.78. The van der Waals surface area contributed by atoms with E-state index >= 15 is 4.79 Å². The lowest BCUT2D eigenvalue weighted by Crippen LogP contribution is -2.57. The number of likely N-dealkylation sites (tertiary alicyclic amines) is 1. The number of unbranched alkanes of at least 4 members (excludes halogenated alkanes) is 3. The van der Waals surface area contributed by atoms with E-state index in [-0.39, 0.29) is 42.1 Å². The molecule has 1 N–H and O–H groups in total. The van der Waals surface area contributed by atoms with Gasteiger partial charge in [-0.1, -0.05) is 102 Å². The number of halogens is 1. The Bertz CT molecular complexity index is 1890. The van der Waals surface area contributed by atoms with Crippen molar-refractivity contribution >= 4 is 56.1 Å². The normalized spacial score (nSPS) is 25.0. The minimum atomic E-state index is -1.29. The number of aliphatic hydroxyl groups excluding tert-OH is 1. The van der Waals surface area contributed by atoms with E-state index in [9.17, 15) is 19.5 Å². The van der Waals surface area contributed by atoms with Crippen molar-refractivity contribution in [3.63, 3.8) is 0 Å². The first-order valence-electron chi connectivity index (χ1n) is 19.3. The number of allylic oxidation sites excluding steroid dienone is 1. The molecular formula is C44H52BrN3O7. The number of rotatable bonds is 18. The molecule has 292 valence electrons. The van der Waals surface area contributed by atoms with E-state index in [0.717, 1.165) is 23.6 Å². The summed E-state index contributed by atoms with van der Waals surface area (Å²) in [5.41, 5.74) is 0.0967. The van der Waals surface area contributed by atoms with Gasteiger partial charge in [-0.15, -0.1) is 13.2 Å². The third-order valence-corrected chi connectivity index (χ3v) is 12.4. The molecule has 3 fully saturated rings. The molecule has 1 spiro atoms. The van der Waals surface area contributed by atoms with Gasteiger partial charge in [0.05, 0.1) is 24.0 Å². The highest BCUT2D eigenvalue weighted by atomic mass is 79.9. The van der Waals surface area contributed by atoms with Gasteiger partial charge in [0.15, 0.2) is 0 Å². The molecule has 3 saturated heterocycles. The maximum Gasteiger partial charge on any atom is 0.313 e. The van der Waals surface area contributed by atoms with Crippen LogP contribution in [-0.2, 0) is 28.7 Å². The van der Waals surface area contributed by atoms with Crippen molar-refractivity contribution in [3.8, 4) is 0 Å². The molecule has 3 aliphatic heterocycles. The molecule has 2 bridgehead atoms. The van der Waals surface area contributed by atoms with Gasteiger partial charge in [0, 0.05) is 43.7 Å². The highest BCUT2D eigenvalue weighted by Crippen LogP contribution is 2.60. The number of anilines is 1. The van der Waals surface area contributed by atoms with Gasteiger partial charge < -0.3 is 29.3 Å². The predicted molar refractivity (Wildman–Crippen MR) is 216 cm³/mol. The SMILES string of the molecule is C=CCCC(=O)N(C)[C@H](C)[C@H](OC(=O)[C@@H]1[C@H]2O[C@@]3(CC2Br)[C@H](C(=O)N(CC=C)c2ccc4ccccc4c2)N(CCCCCCO)C(=O)[C@@H]13)c1ccccc1. The Labute approximate surface area is 332 Å². The second-order valence-electron chi connectivity index (χ2n) is 14.9. The summed E-state index contributed by atoms with van der Waals surface area (Å²) in [6.45, 7) is 10.1. The number of nitrogens with zero attached hydrogens (tertiary/aromatic N) is 3. The third-order valence-electron chi connectivity index (χ3n) is 11.6. The zero-order valence-corrected chi connectivity index (χ0v) is 33.3. The fourth-order valence-corrected chi connectivity index (χ4v) is 9.68. The predicted octanol–water partition coefficient (Wildman–Crippen LogP) is 6.76. The number of amides is 3. The minimum absolute atomic E-state index is 0.0875. The van der Waals surface area contributed by atoms with Crippen LogP contribution < -0.4 is 4.90 Å². The van der Waals surface area contributed by atoms with Crippen LogP contribution in [0.15, 0.2) is 98.1 Å². The number of carbonyl (C=O) groups excluding carboxylic acids is 4. The van der Waals surface area contributed by atoms with Gasteiger partial charge in [-0.25, -0.2) is 0 Å². The monoisotopic (exact) mass is 813 g/mol. The van der Waals surface area contributed by atoms with Crippen molar-refractivity contribution in [3.05, 3.63) is 104 Å². The number of alkyl halides is 1. The maximum atomic E-state index is 15.1. The number of hydrogen-bond acceptors (Lipinski definition) is 7. The molecule has 3 amide bonds. The summed E-state index contributed by atoms with van der Waals surface area (Å²) in [6, 6.07) is 21.5. The van der Waals surface area contributed by atoms with Crippen LogP contribution in [0.5, 0.6) is 0 Å². The molecule has 0 saturated carbocycles. The van der Waals surface area contributed by atoms with Crippen molar-refractivity contribution in [2.75, 3.05) is 31.6 Å². The second-order valence-corrected chi connectivity index (χ2v) is 16.1. The number of carbonyl (C=O) groups is 4. The van der Waals surface area contributed by atoms with Crippen molar-refractivity contribution in [1.29, 1.82) is 0 Å². The first-order chi connectivity index (χ1) is 26.6. The van der Waals surface area contributed by atoms with Crippen LogP contribution in [0.25, 0.3) is 10.8 Å². The summed E-state index contributed by atoms with van der Waals surface area (Å²) in [5.74, 6) is -3.26. The fourth-order valence-electron chi connectivity index (χ4n) is 8.73. The van der Waals surface area contributed by atoms with Crippen LogP contribution >= 0.6 is 15.9 Å². The summed E-state index contributed by atoms with van der Waals surface area (Å²) in [7, 11) is 1.70. The van der Waals surface area contributed by atoms with E-state index in [0.29, 0.717) is 43.5 Å². The molecule has 3 aromatic carbocycles. The summed E-state index contributed by atoms with van der Waals surface area (Å²) < 4.78 is 13.2. The fraction of sp³-hybridized carbons (Fsp3) is 0.455.